The van der Waals surface area contributed by atoms with Crippen LogP contribution in [0.1, 0.15) is 15.9 Å². The minimum Gasteiger partial charge on any atom is -0.466 e. The van der Waals surface area contributed by atoms with Crippen molar-refractivity contribution in [1.82, 2.24) is 0 Å². The molecule has 1 N–H and O–H groups in total. The van der Waals surface area contributed by atoms with Crippen LogP contribution in [0.25, 0.3) is 4.85 Å². The number of carbonyl (C=O) groups excluding carboxylic acids is 1. The molecular weight excluding hydrogens is 297 g/mol. The third-order valence-electron chi connectivity index (χ3n) is 3.51. The van der Waals surface area contributed by atoms with Gasteiger partial charge in [-0.05, 0) is 35.3 Å². The summed E-state index contributed by atoms with van der Waals surface area (Å²) in [7, 11) is 0.359. The number of fused-ring (bicyclic) bond motifs is 1. The molecule has 0 saturated heterocycles. The molecule has 3 rings (SSSR count). The molecule has 0 radical (unpaired) electrons. The maximum absolute atomic E-state index is 11.7. The number of rotatable bonds is 3. The highest BCUT2D eigenvalue weighted by molar-refractivity contribution is 6.61. The van der Waals surface area contributed by atoms with Crippen LogP contribution >= 0.6 is 0 Å². The molecule has 0 atom stereocenters. The highest BCUT2D eigenvalue weighted by atomic mass is 16.5. The first kappa shape index (κ1) is 15.1. The van der Waals surface area contributed by atoms with Crippen molar-refractivity contribution < 1.29 is 23.9 Å². The van der Waals surface area contributed by atoms with Crippen molar-refractivity contribution >= 4 is 24.2 Å². The monoisotopic (exact) mass is 309 g/mol. The minimum atomic E-state index is -0.900. The van der Waals surface area contributed by atoms with Crippen molar-refractivity contribution in [2.24, 2.45) is 0 Å². The van der Waals surface area contributed by atoms with Crippen molar-refractivity contribution in [3.05, 3.63) is 58.9 Å². The van der Waals surface area contributed by atoms with Crippen molar-refractivity contribution in [3.63, 3.8) is 0 Å². The fourth-order valence-electron chi connectivity index (χ4n) is 2.36. The molecule has 0 unspecified atom stereocenters. The van der Waals surface area contributed by atoms with Crippen LogP contribution in [0.2, 0.25) is 0 Å². The van der Waals surface area contributed by atoms with E-state index in [1.54, 1.807) is 24.3 Å². The van der Waals surface area contributed by atoms with E-state index >= 15 is 0 Å². The summed E-state index contributed by atoms with van der Waals surface area (Å²) in [5.41, 5.74) is 1.92. The van der Waals surface area contributed by atoms with E-state index < -0.39 is 13.1 Å². The predicted octanol–water partition coefficient (Wildman–Crippen LogP) is 2.03. The van der Waals surface area contributed by atoms with Gasteiger partial charge in [-0.3, -0.25) is 0 Å². The van der Waals surface area contributed by atoms with Crippen LogP contribution < -0.4 is 10.2 Å². The molecule has 0 spiro atoms. The Morgan fingerprint density at radius 3 is 2.78 bits per heavy atom. The Hall–Kier alpha value is -2.82. The average molecular weight is 309 g/mol. The highest BCUT2D eigenvalue weighted by Crippen LogP contribution is 2.29. The normalized spacial score (nSPS) is 12.5. The number of nitrogens with zero attached hydrogens (tertiary/aromatic N) is 1. The molecule has 0 aliphatic carbocycles. The van der Waals surface area contributed by atoms with Gasteiger partial charge in [0, 0.05) is 0 Å². The zero-order valence-electron chi connectivity index (χ0n) is 12.3. The first-order valence-electron chi connectivity index (χ1n) is 6.82. The molecule has 2 aromatic rings. The molecule has 6 nitrogen and oxygen atoms in total. The quantitative estimate of drug-likeness (QED) is 0.534. The van der Waals surface area contributed by atoms with Gasteiger partial charge in [-0.1, -0.05) is 12.1 Å². The van der Waals surface area contributed by atoms with Crippen molar-refractivity contribution in [3.8, 4) is 11.5 Å². The number of hydrogen-bond donors (Lipinski definition) is 1. The Balaban J connectivity index is 1.89. The van der Waals surface area contributed by atoms with Crippen LogP contribution in [0.4, 0.5) is 5.69 Å². The Kier molecular flexibility index (Phi) is 4.02. The lowest BCUT2D eigenvalue weighted by Crippen LogP contribution is -2.27. The Morgan fingerprint density at radius 2 is 2.04 bits per heavy atom. The second kappa shape index (κ2) is 6.12. The van der Waals surface area contributed by atoms with E-state index in [0.29, 0.717) is 18.1 Å². The van der Waals surface area contributed by atoms with Gasteiger partial charge in [0.15, 0.2) is 0 Å². The van der Waals surface area contributed by atoms with Gasteiger partial charge in [0.25, 0.3) is 0 Å². The van der Waals surface area contributed by atoms with Gasteiger partial charge in [0.05, 0.1) is 25.9 Å². The summed E-state index contributed by atoms with van der Waals surface area (Å²) in [6.45, 7) is 7.40. The topological polar surface area (TPSA) is 69.3 Å². The lowest BCUT2D eigenvalue weighted by molar-refractivity contribution is 0.0601. The zero-order chi connectivity index (χ0) is 16.4. The third-order valence-corrected chi connectivity index (χ3v) is 3.51. The van der Waals surface area contributed by atoms with E-state index in [4.69, 9.17) is 16.0 Å². The summed E-state index contributed by atoms with van der Waals surface area (Å²) in [5.74, 6) is 0.372. The lowest BCUT2D eigenvalue weighted by Gasteiger charge is -2.09. The summed E-state index contributed by atoms with van der Waals surface area (Å²) in [6.07, 6.45) is 0. The molecule has 0 fully saturated rings. The molecule has 0 amide bonds. The van der Waals surface area contributed by atoms with Crippen molar-refractivity contribution in [1.29, 1.82) is 0 Å². The first-order valence-corrected chi connectivity index (χ1v) is 6.82. The summed E-state index contributed by atoms with van der Waals surface area (Å²) in [6, 6.07) is 9.80. The summed E-state index contributed by atoms with van der Waals surface area (Å²) in [5, 5.41) is 9.60. The number of methoxy groups -OCH3 is 1. The smallest absolute Gasteiger partial charge is 0.466 e. The number of ether oxygens (including phenoxy) is 2. The summed E-state index contributed by atoms with van der Waals surface area (Å²) in [4.78, 5) is 15.0. The molecule has 0 bridgehead atoms. The van der Waals surface area contributed by atoms with E-state index in [9.17, 15) is 9.82 Å². The van der Waals surface area contributed by atoms with Crippen LogP contribution in [-0.4, -0.2) is 25.2 Å². The SMILES string of the molecule is [C-]#[N+]c1ccc(Oc2ccc3c(c2)COB3O)cc1C(=O)OC. The second-order valence-electron chi connectivity index (χ2n) is 4.91. The summed E-state index contributed by atoms with van der Waals surface area (Å²) < 4.78 is 15.5. The number of hydrogen-bond acceptors (Lipinski definition) is 5. The number of benzene rings is 2. The molecule has 7 heteroatoms. The highest BCUT2D eigenvalue weighted by Gasteiger charge is 2.27. The minimum absolute atomic E-state index is 0.153. The average Bonchev–Trinajstić information content (AvgIpc) is 2.94. The van der Waals surface area contributed by atoms with Gasteiger partial charge < -0.3 is 19.2 Å². The van der Waals surface area contributed by atoms with Gasteiger partial charge in [-0.25, -0.2) is 9.64 Å². The Labute approximate surface area is 133 Å². The number of esters is 1. The Bertz CT molecular complexity index is 815. The maximum Gasteiger partial charge on any atom is 0.491 e. The zero-order valence-corrected chi connectivity index (χ0v) is 12.3. The first-order chi connectivity index (χ1) is 11.1. The van der Waals surface area contributed by atoms with Gasteiger partial charge in [-0.15, -0.1) is 0 Å². The van der Waals surface area contributed by atoms with Crippen LogP contribution in [0.3, 0.4) is 0 Å². The fraction of sp³-hybridized carbons (Fsp3) is 0.125. The van der Waals surface area contributed by atoms with Crippen molar-refractivity contribution in [2.45, 2.75) is 6.61 Å². The predicted molar refractivity (Wildman–Crippen MR) is 83.0 cm³/mol. The molecule has 1 heterocycles. The number of carbonyl (C=O) groups is 1. The third kappa shape index (κ3) is 2.90. The van der Waals surface area contributed by atoms with Gasteiger partial charge in [0.1, 0.15) is 11.5 Å². The maximum atomic E-state index is 11.7. The largest absolute Gasteiger partial charge is 0.491 e. The molecule has 1 aliphatic rings. The molecule has 2 aromatic carbocycles. The molecule has 0 saturated carbocycles. The van der Waals surface area contributed by atoms with Crippen LogP contribution in [0.5, 0.6) is 11.5 Å². The summed E-state index contributed by atoms with van der Waals surface area (Å²) >= 11 is 0. The van der Waals surface area contributed by atoms with E-state index in [2.05, 4.69) is 9.58 Å². The van der Waals surface area contributed by atoms with Crippen LogP contribution in [0, 0.1) is 6.57 Å². The molecule has 0 aromatic heterocycles. The van der Waals surface area contributed by atoms with Crippen LogP contribution in [0.15, 0.2) is 36.4 Å². The van der Waals surface area contributed by atoms with E-state index in [0.717, 1.165) is 11.0 Å². The van der Waals surface area contributed by atoms with E-state index in [1.165, 1.54) is 19.2 Å². The molecule has 114 valence electrons. The van der Waals surface area contributed by atoms with E-state index in [-0.39, 0.29) is 11.3 Å². The van der Waals surface area contributed by atoms with Gasteiger partial charge in [0.2, 0.25) is 5.69 Å². The fourth-order valence-corrected chi connectivity index (χ4v) is 2.36. The molecular formula is C16H12BNO5. The van der Waals surface area contributed by atoms with Crippen molar-refractivity contribution in [2.75, 3.05) is 7.11 Å². The van der Waals surface area contributed by atoms with Gasteiger partial charge >= 0.3 is 13.1 Å². The Morgan fingerprint density at radius 1 is 1.30 bits per heavy atom. The molecule has 23 heavy (non-hydrogen) atoms. The van der Waals surface area contributed by atoms with Crippen LogP contribution in [-0.2, 0) is 16.0 Å². The standard InChI is InChI=1S/C16H12BNO5/c1-18-15-6-4-12(8-13(15)16(19)21-2)23-11-3-5-14-10(7-11)9-22-17(14)20/h3-8,20H,9H2,2H3. The lowest BCUT2D eigenvalue weighted by atomic mass is 9.80. The molecule has 1 aliphatic heterocycles. The van der Waals surface area contributed by atoms with Gasteiger partial charge in [-0.2, -0.15) is 0 Å². The van der Waals surface area contributed by atoms with E-state index in [1.807, 2.05) is 0 Å². The second-order valence-corrected chi connectivity index (χ2v) is 4.91.